The summed E-state index contributed by atoms with van der Waals surface area (Å²) in [7, 11) is 0. The number of aliphatic carboxylic acids is 1. The van der Waals surface area contributed by atoms with E-state index in [0.29, 0.717) is 12.0 Å². The second-order valence-electron chi connectivity index (χ2n) is 2.28. The van der Waals surface area contributed by atoms with Crippen molar-refractivity contribution < 1.29 is 14.7 Å². The molecule has 4 heteroatoms. The Kier molecular flexibility index (Phi) is 2.92. The van der Waals surface area contributed by atoms with Crippen LogP contribution < -0.4 is 0 Å². The Bertz CT molecular complexity index is 358. The molecule has 0 atom stereocenters. The lowest BCUT2D eigenvalue weighted by Crippen LogP contribution is -1.90. The van der Waals surface area contributed by atoms with E-state index in [9.17, 15) is 9.59 Å². The summed E-state index contributed by atoms with van der Waals surface area (Å²) in [5.74, 6) is -1.04. The second kappa shape index (κ2) is 4.15. The Labute approximate surface area is 74.5 Å². The molecule has 1 N–H and O–H groups in total. The zero-order valence-electron chi connectivity index (χ0n) is 6.68. The first kappa shape index (κ1) is 9.12. The third-order valence-corrected chi connectivity index (χ3v) is 1.31. The van der Waals surface area contributed by atoms with Crippen LogP contribution in [0.15, 0.2) is 24.3 Å². The first-order chi connectivity index (χ1) is 6.22. The second-order valence-corrected chi connectivity index (χ2v) is 2.28. The van der Waals surface area contributed by atoms with Crippen molar-refractivity contribution in [1.29, 1.82) is 0 Å². The highest BCUT2D eigenvalue weighted by Gasteiger charge is 1.93. The number of carbonyl (C=O) groups excluding carboxylic acids is 1. The van der Waals surface area contributed by atoms with E-state index < -0.39 is 5.97 Å². The summed E-state index contributed by atoms with van der Waals surface area (Å²) in [5.41, 5.74) is 0.736. The minimum absolute atomic E-state index is 0.285. The van der Waals surface area contributed by atoms with Crippen molar-refractivity contribution in [2.24, 2.45) is 0 Å². The van der Waals surface area contributed by atoms with Gasteiger partial charge in [0.05, 0.1) is 5.69 Å². The maximum absolute atomic E-state index is 10.3. The molecule has 1 heterocycles. The number of carbonyl (C=O) groups is 2. The fourth-order valence-electron chi connectivity index (χ4n) is 0.784. The van der Waals surface area contributed by atoms with Crippen LogP contribution in [-0.2, 0) is 4.79 Å². The molecule has 0 aliphatic heterocycles. The van der Waals surface area contributed by atoms with Gasteiger partial charge in [0, 0.05) is 6.08 Å². The van der Waals surface area contributed by atoms with E-state index in [1.165, 1.54) is 6.08 Å². The highest BCUT2D eigenvalue weighted by atomic mass is 16.4. The maximum Gasteiger partial charge on any atom is 0.328 e. The normalized spacial score (nSPS) is 10.2. The number of nitrogens with zero attached hydrogens (tertiary/aromatic N) is 1. The van der Waals surface area contributed by atoms with Crippen molar-refractivity contribution in [2.45, 2.75) is 0 Å². The van der Waals surface area contributed by atoms with Crippen molar-refractivity contribution in [1.82, 2.24) is 4.98 Å². The molecule has 0 radical (unpaired) electrons. The largest absolute Gasteiger partial charge is 0.478 e. The molecular formula is C9H7NO3. The van der Waals surface area contributed by atoms with Crippen molar-refractivity contribution >= 4 is 18.3 Å². The van der Waals surface area contributed by atoms with Crippen molar-refractivity contribution in [3.05, 3.63) is 35.7 Å². The Balaban J connectivity index is 2.89. The van der Waals surface area contributed by atoms with E-state index in [4.69, 9.17) is 5.11 Å². The number of aldehydes is 1. The smallest absolute Gasteiger partial charge is 0.328 e. The van der Waals surface area contributed by atoms with Gasteiger partial charge in [-0.2, -0.15) is 0 Å². The number of hydrogen-bond donors (Lipinski definition) is 1. The van der Waals surface area contributed by atoms with Gasteiger partial charge >= 0.3 is 5.97 Å². The van der Waals surface area contributed by atoms with Crippen LogP contribution in [0.2, 0.25) is 0 Å². The molecule has 0 amide bonds. The molecule has 0 bridgehead atoms. The lowest BCUT2D eigenvalue weighted by atomic mass is 10.3. The summed E-state index contributed by atoms with van der Waals surface area (Å²) in [5, 5.41) is 8.32. The first-order valence-corrected chi connectivity index (χ1v) is 3.55. The summed E-state index contributed by atoms with van der Waals surface area (Å²) in [4.78, 5) is 24.3. The van der Waals surface area contributed by atoms with Gasteiger partial charge < -0.3 is 5.11 Å². The topological polar surface area (TPSA) is 67.3 Å². The molecule has 0 saturated heterocycles. The standard InChI is InChI=1S/C9H7NO3/c11-6-8-3-1-2-7(10-8)4-5-9(12)13/h1-6H,(H,12,13)/b5-4+. The molecule has 0 aliphatic rings. The first-order valence-electron chi connectivity index (χ1n) is 3.55. The Morgan fingerprint density at radius 2 is 2.08 bits per heavy atom. The van der Waals surface area contributed by atoms with Crippen molar-refractivity contribution in [3.63, 3.8) is 0 Å². The van der Waals surface area contributed by atoms with Gasteiger partial charge in [-0.05, 0) is 18.2 Å². The molecule has 4 nitrogen and oxygen atoms in total. The van der Waals surface area contributed by atoms with E-state index in [1.54, 1.807) is 18.2 Å². The third-order valence-electron chi connectivity index (χ3n) is 1.31. The quantitative estimate of drug-likeness (QED) is 0.552. The summed E-state index contributed by atoms with van der Waals surface area (Å²) < 4.78 is 0. The highest BCUT2D eigenvalue weighted by Crippen LogP contribution is 1.99. The van der Waals surface area contributed by atoms with Gasteiger partial charge in [0.25, 0.3) is 0 Å². The van der Waals surface area contributed by atoms with E-state index in [1.807, 2.05) is 0 Å². The van der Waals surface area contributed by atoms with Crippen LogP contribution in [0.1, 0.15) is 16.2 Å². The zero-order valence-corrected chi connectivity index (χ0v) is 6.68. The molecule has 0 unspecified atom stereocenters. The number of rotatable bonds is 3. The minimum Gasteiger partial charge on any atom is -0.478 e. The fourth-order valence-corrected chi connectivity index (χ4v) is 0.784. The Hall–Kier alpha value is -1.97. The van der Waals surface area contributed by atoms with Gasteiger partial charge in [-0.25, -0.2) is 9.78 Å². The number of hydrogen-bond acceptors (Lipinski definition) is 3. The summed E-state index contributed by atoms with van der Waals surface area (Å²) >= 11 is 0. The van der Waals surface area contributed by atoms with E-state index in [0.717, 1.165) is 6.08 Å². The van der Waals surface area contributed by atoms with Gasteiger partial charge in [0.1, 0.15) is 5.69 Å². The number of carboxylic acid groups (broad SMARTS) is 1. The molecule has 0 aromatic carbocycles. The van der Waals surface area contributed by atoms with Gasteiger partial charge in [-0.3, -0.25) is 4.79 Å². The molecule has 0 aliphatic carbocycles. The van der Waals surface area contributed by atoms with Gasteiger partial charge in [-0.15, -0.1) is 0 Å². The SMILES string of the molecule is O=Cc1cccc(/C=C/C(=O)O)n1. The number of carboxylic acids is 1. The summed E-state index contributed by atoms with van der Waals surface area (Å²) in [6.45, 7) is 0. The zero-order chi connectivity index (χ0) is 9.68. The summed E-state index contributed by atoms with van der Waals surface area (Å²) in [6, 6.07) is 4.80. The molecule has 1 aromatic heterocycles. The van der Waals surface area contributed by atoms with E-state index >= 15 is 0 Å². The molecular weight excluding hydrogens is 170 g/mol. The lowest BCUT2D eigenvalue weighted by Gasteiger charge is -1.92. The monoisotopic (exact) mass is 177 g/mol. The van der Waals surface area contributed by atoms with E-state index in [-0.39, 0.29) is 5.69 Å². The van der Waals surface area contributed by atoms with Crippen LogP contribution in [0, 0.1) is 0 Å². The van der Waals surface area contributed by atoms with Crippen LogP contribution in [-0.4, -0.2) is 22.3 Å². The van der Waals surface area contributed by atoms with Crippen LogP contribution in [0.4, 0.5) is 0 Å². The molecule has 0 saturated carbocycles. The van der Waals surface area contributed by atoms with Crippen molar-refractivity contribution in [3.8, 4) is 0 Å². The van der Waals surface area contributed by atoms with Crippen molar-refractivity contribution in [2.75, 3.05) is 0 Å². The Morgan fingerprint density at radius 1 is 1.38 bits per heavy atom. The molecule has 13 heavy (non-hydrogen) atoms. The highest BCUT2D eigenvalue weighted by molar-refractivity contribution is 5.85. The average Bonchev–Trinajstić information content (AvgIpc) is 2.15. The molecule has 66 valence electrons. The van der Waals surface area contributed by atoms with Gasteiger partial charge in [-0.1, -0.05) is 6.07 Å². The molecule has 0 fully saturated rings. The number of pyridine rings is 1. The Morgan fingerprint density at radius 3 is 2.69 bits per heavy atom. The van der Waals surface area contributed by atoms with Gasteiger partial charge in [0.2, 0.25) is 0 Å². The fraction of sp³-hybridized carbons (Fsp3) is 0. The van der Waals surface area contributed by atoms with E-state index in [2.05, 4.69) is 4.98 Å². The average molecular weight is 177 g/mol. The van der Waals surface area contributed by atoms with Crippen LogP contribution in [0.3, 0.4) is 0 Å². The molecule has 0 spiro atoms. The predicted octanol–water partition coefficient (Wildman–Crippen LogP) is 0.992. The van der Waals surface area contributed by atoms with Gasteiger partial charge in [0.15, 0.2) is 6.29 Å². The number of aromatic nitrogens is 1. The molecule has 1 rings (SSSR count). The maximum atomic E-state index is 10.3. The summed E-state index contributed by atoms with van der Waals surface area (Å²) in [6.07, 6.45) is 2.91. The molecule has 1 aromatic rings. The van der Waals surface area contributed by atoms with Crippen LogP contribution in [0.25, 0.3) is 6.08 Å². The predicted molar refractivity (Wildman–Crippen MR) is 46.3 cm³/mol. The van der Waals surface area contributed by atoms with Crippen LogP contribution >= 0.6 is 0 Å². The van der Waals surface area contributed by atoms with Crippen LogP contribution in [0.5, 0.6) is 0 Å². The lowest BCUT2D eigenvalue weighted by molar-refractivity contribution is -0.131. The minimum atomic E-state index is -1.04. The third kappa shape index (κ3) is 2.86.